The predicted molar refractivity (Wildman–Crippen MR) is 186 cm³/mol. The molecule has 2 fully saturated rings. The summed E-state index contributed by atoms with van der Waals surface area (Å²) in [6.45, 7) is 6.02. The van der Waals surface area contributed by atoms with Crippen molar-refractivity contribution in [3.63, 3.8) is 0 Å². The number of carbonyl (C=O) groups is 2. The molecule has 2 N–H and O–H groups in total. The summed E-state index contributed by atoms with van der Waals surface area (Å²) in [5.41, 5.74) is 0.696. The van der Waals surface area contributed by atoms with Crippen LogP contribution in [0.3, 0.4) is 0 Å². The molecular formula is C39H43F5N4O3. The van der Waals surface area contributed by atoms with Crippen LogP contribution in [0, 0.1) is 10.8 Å². The van der Waals surface area contributed by atoms with Gasteiger partial charge in [-0.05, 0) is 84.6 Å². The monoisotopic (exact) mass is 710 g/mol. The Balaban J connectivity index is 1.28. The van der Waals surface area contributed by atoms with Crippen molar-refractivity contribution in [3.05, 3.63) is 78.0 Å². The minimum Gasteiger partial charge on any atom is -0.480 e. The molecule has 2 aliphatic rings. The number of nitrogens with zero attached hydrogens (tertiary/aromatic N) is 3. The van der Waals surface area contributed by atoms with Gasteiger partial charge in [-0.2, -0.15) is 13.2 Å². The predicted octanol–water partition coefficient (Wildman–Crippen LogP) is 7.70. The zero-order valence-electron chi connectivity index (χ0n) is 28.8. The van der Waals surface area contributed by atoms with Gasteiger partial charge in [-0.25, -0.2) is 13.6 Å². The Kier molecular flexibility index (Phi) is 10.4. The molecule has 0 radical (unpaired) electrons. The lowest BCUT2D eigenvalue weighted by molar-refractivity contribution is -0.233. The summed E-state index contributed by atoms with van der Waals surface area (Å²) >= 11 is 0. The number of amides is 1. The number of likely N-dealkylation sites (tertiary alicyclic amines) is 2. The van der Waals surface area contributed by atoms with E-state index in [1.807, 2.05) is 48.7 Å². The van der Waals surface area contributed by atoms with Crippen LogP contribution in [0.4, 0.5) is 22.0 Å². The number of aliphatic carboxylic acids is 1. The van der Waals surface area contributed by atoms with Crippen molar-refractivity contribution in [2.75, 3.05) is 32.7 Å². The standard InChI is InChI=1S/C39H43F5N4O3/c1-37(2)13-17-47(18-14-37)23-26-22-45-34(30-9-4-3-8-28(26)30)31-12-6-10-27-25(7-5-11-29(27)31)21-32(35(49)50)46-36(51)38(39(42,43)44)15-19-48(20-16-38)24-33(40)41/h3-12,22,32-33H,13-21,23-24H2,1-2H3,(H,46,51)(H,49,50)/t32-/m0/s1. The molecule has 272 valence electrons. The van der Waals surface area contributed by atoms with Crippen molar-refractivity contribution in [1.29, 1.82) is 0 Å². The van der Waals surface area contributed by atoms with Crippen LogP contribution in [0.25, 0.3) is 32.8 Å². The summed E-state index contributed by atoms with van der Waals surface area (Å²) < 4.78 is 69.0. The maximum Gasteiger partial charge on any atom is 0.403 e. The molecular weight excluding hydrogens is 667 g/mol. The number of aromatic nitrogens is 1. The molecule has 0 aliphatic carbocycles. The lowest BCUT2D eigenvalue weighted by Crippen LogP contribution is -2.59. The van der Waals surface area contributed by atoms with Crippen LogP contribution in [-0.4, -0.2) is 83.1 Å². The Morgan fingerprint density at radius 1 is 0.824 bits per heavy atom. The minimum atomic E-state index is -5.00. The number of alkyl halides is 5. The van der Waals surface area contributed by atoms with E-state index in [-0.39, 0.29) is 19.5 Å². The maximum atomic E-state index is 14.4. The Hall–Kier alpha value is -4.16. The Labute approximate surface area is 293 Å². The van der Waals surface area contributed by atoms with E-state index >= 15 is 0 Å². The van der Waals surface area contributed by atoms with Crippen LogP contribution in [0.15, 0.2) is 66.9 Å². The van der Waals surface area contributed by atoms with E-state index in [2.05, 4.69) is 30.1 Å². The number of carboxylic acids is 1. The lowest BCUT2D eigenvalue weighted by atomic mass is 9.76. The van der Waals surface area contributed by atoms with Crippen LogP contribution in [0.5, 0.6) is 0 Å². The van der Waals surface area contributed by atoms with Crippen LogP contribution < -0.4 is 5.32 Å². The number of pyridine rings is 1. The van der Waals surface area contributed by atoms with Crippen LogP contribution >= 0.6 is 0 Å². The Morgan fingerprint density at radius 2 is 1.41 bits per heavy atom. The van der Waals surface area contributed by atoms with Gasteiger partial charge in [0.15, 0.2) is 0 Å². The Bertz CT molecular complexity index is 1900. The summed E-state index contributed by atoms with van der Waals surface area (Å²) in [5, 5.41) is 15.8. The topological polar surface area (TPSA) is 85.8 Å². The number of halogens is 5. The molecule has 2 aliphatic heterocycles. The Morgan fingerprint density at radius 3 is 2.06 bits per heavy atom. The first-order valence-electron chi connectivity index (χ1n) is 17.4. The van der Waals surface area contributed by atoms with Gasteiger partial charge in [0.1, 0.15) is 11.5 Å². The van der Waals surface area contributed by atoms with Gasteiger partial charge >= 0.3 is 12.1 Å². The number of rotatable bonds is 10. The summed E-state index contributed by atoms with van der Waals surface area (Å²) in [5.74, 6) is -2.94. The van der Waals surface area contributed by atoms with Crippen LogP contribution in [0.2, 0.25) is 0 Å². The van der Waals surface area contributed by atoms with Gasteiger partial charge < -0.3 is 10.4 Å². The molecule has 0 saturated carbocycles. The fraction of sp³-hybridized carbons (Fsp3) is 0.462. The molecule has 1 atom stereocenters. The van der Waals surface area contributed by atoms with E-state index < -0.39 is 55.3 Å². The molecule has 2 saturated heterocycles. The van der Waals surface area contributed by atoms with Crippen molar-refractivity contribution in [3.8, 4) is 11.3 Å². The smallest absolute Gasteiger partial charge is 0.403 e. The first kappa shape index (κ1) is 36.6. The van der Waals surface area contributed by atoms with Crippen molar-refractivity contribution in [2.24, 2.45) is 10.8 Å². The maximum absolute atomic E-state index is 14.4. The van der Waals surface area contributed by atoms with Crippen molar-refractivity contribution >= 4 is 33.4 Å². The average Bonchev–Trinajstić information content (AvgIpc) is 3.08. The number of benzene rings is 3. The van der Waals surface area contributed by atoms with Crippen LogP contribution in [0.1, 0.15) is 50.7 Å². The summed E-state index contributed by atoms with van der Waals surface area (Å²) in [6.07, 6.45) is -5.29. The first-order chi connectivity index (χ1) is 24.2. The molecule has 7 nitrogen and oxygen atoms in total. The molecule has 51 heavy (non-hydrogen) atoms. The number of nitrogens with one attached hydrogen (secondary N) is 1. The molecule has 6 rings (SSSR count). The van der Waals surface area contributed by atoms with E-state index in [9.17, 15) is 36.6 Å². The van der Waals surface area contributed by atoms with Crippen molar-refractivity contribution in [1.82, 2.24) is 20.1 Å². The van der Waals surface area contributed by atoms with Gasteiger partial charge in [0.25, 0.3) is 6.43 Å². The van der Waals surface area contributed by atoms with Crippen molar-refractivity contribution < 1.29 is 36.6 Å². The lowest BCUT2D eigenvalue weighted by Gasteiger charge is -2.41. The quantitative estimate of drug-likeness (QED) is 0.164. The average molecular weight is 711 g/mol. The molecule has 1 amide bonds. The zero-order valence-corrected chi connectivity index (χ0v) is 28.8. The van der Waals surface area contributed by atoms with E-state index in [1.165, 1.54) is 4.90 Å². The highest BCUT2D eigenvalue weighted by atomic mass is 19.4. The number of fused-ring (bicyclic) bond motifs is 2. The summed E-state index contributed by atoms with van der Waals surface area (Å²) in [4.78, 5) is 34.4. The van der Waals surface area contributed by atoms with E-state index in [4.69, 9.17) is 4.98 Å². The van der Waals surface area contributed by atoms with Gasteiger partial charge in [-0.3, -0.25) is 19.6 Å². The normalized spacial score (nSPS) is 19.0. The number of carboxylic acid groups (broad SMARTS) is 1. The summed E-state index contributed by atoms with van der Waals surface area (Å²) in [7, 11) is 0. The van der Waals surface area contributed by atoms with Gasteiger partial charge in [0.05, 0.1) is 12.2 Å². The largest absolute Gasteiger partial charge is 0.480 e. The highest BCUT2D eigenvalue weighted by Gasteiger charge is 2.61. The molecule has 3 aromatic carbocycles. The number of hydrogen-bond acceptors (Lipinski definition) is 5. The van der Waals surface area contributed by atoms with Crippen molar-refractivity contribution in [2.45, 2.75) is 71.1 Å². The molecule has 0 bridgehead atoms. The summed E-state index contributed by atoms with van der Waals surface area (Å²) in [6, 6.07) is 17.4. The number of carbonyl (C=O) groups excluding carboxylic acids is 1. The third-order valence-corrected chi connectivity index (χ3v) is 10.9. The van der Waals surface area contributed by atoms with Gasteiger partial charge in [0, 0.05) is 30.1 Å². The fourth-order valence-corrected chi connectivity index (χ4v) is 7.58. The first-order valence-corrected chi connectivity index (χ1v) is 17.4. The van der Waals surface area contributed by atoms with Gasteiger partial charge in [0.2, 0.25) is 5.91 Å². The molecule has 1 aromatic heterocycles. The molecule has 3 heterocycles. The van der Waals surface area contributed by atoms with E-state index in [0.717, 1.165) is 65.5 Å². The fourth-order valence-electron chi connectivity index (χ4n) is 7.58. The second kappa shape index (κ2) is 14.5. The third-order valence-electron chi connectivity index (χ3n) is 10.9. The molecule has 0 unspecified atom stereocenters. The zero-order chi connectivity index (χ0) is 36.6. The van der Waals surface area contributed by atoms with Gasteiger partial charge in [-0.1, -0.05) is 74.5 Å². The molecule has 4 aromatic rings. The molecule has 12 heteroatoms. The second-order valence-corrected chi connectivity index (χ2v) is 14.8. The SMILES string of the molecule is CC1(C)CCN(Cc2cnc(-c3cccc4c(C[C@H](NC(=O)C5(C(F)(F)F)CCN(CC(F)F)CC5)C(=O)O)cccc34)c3ccccc23)CC1. The second-order valence-electron chi connectivity index (χ2n) is 14.8. The number of hydrogen-bond donors (Lipinski definition) is 2. The van der Waals surface area contributed by atoms with E-state index in [1.54, 1.807) is 12.1 Å². The minimum absolute atomic E-state index is 0.271. The number of piperidine rings is 2. The van der Waals surface area contributed by atoms with E-state index in [0.29, 0.717) is 16.4 Å². The highest BCUT2D eigenvalue weighted by molar-refractivity contribution is 6.05. The van der Waals surface area contributed by atoms with Crippen LogP contribution in [-0.2, 0) is 22.6 Å². The third kappa shape index (κ3) is 7.72. The van der Waals surface area contributed by atoms with Gasteiger partial charge in [-0.15, -0.1) is 0 Å². The highest BCUT2D eigenvalue weighted by Crippen LogP contribution is 2.47. The molecule has 0 spiro atoms.